The summed E-state index contributed by atoms with van der Waals surface area (Å²) >= 11 is 0. The highest BCUT2D eigenvalue weighted by molar-refractivity contribution is 5.80. The lowest BCUT2D eigenvalue weighted by molar-refractivity contribution is -0.125. The minimum Gasteiger partial charge on any atom is -0.379 e. The average Bonchev–Trinajstić information content (AvgIpc) is 3.09. The summed E-state index contributed by atoms with van der Waals surface area (Å²) in [6.45, 7) is 3.57. The molecule has 3 saturated carbocycles. The maximum absolute atomic E-state index is 6.09. The summed E-state index contributed by atoms with van der Waals surface area (Å²) in [5.74, 6) is 2.54. The molecule has 4 fully saturated rings. The van der Waals surface area contributed by atoms with Crippen molar-refractivity contribution < 1.29 is 9.47 Å². The van der Waals surface area contributed by atoms with Gasteiger partial charge >= 0.3 is 0 Å². The first-order valence-corrected chi connectivity index (χ1v) is 9.88. The van der Waals surface area contributed by atoms with Crippen LogP contribution >= 0.6 is 0 Å². The van der Waals surface area contributed by atoms with Crippen molar-refractivity contribution in [2.75, 3.05) is 40.5 Å². The van der Waals surface area contributed by atoms with E-state index in [-0.39, 0.29) is 0 Å². The molecule has 5 nitrogen and oxygen atoms in total. The topological polar surface area (TPSA) is 46.1 Å². The molecule has 1 aliphatic heterocycles. The van der Waals surface area contributed by atoms with Crippen molar-refractivity contribution in [1.29, 1.82) is 0 Å². The maximum Gasteiger partial charge on any atom is 0.193 e. The maximum atomic E-state index is 6.09. The van der Waals surface area contributed by atoms with Gasteiger partial charge in [0.25, 0.3) is 0 Å². The van der Waals surface area contributed by atoms with Crippen LogP contribution in [0, 0.1) is 17.3 Å². The van der Waals surface area contributed by atoms with Crippen LogP contribution in [-0.4, -0.2) is 63.5 Å². The van der Waals surface area contributed by atoms with Gasteiger partial charge in [0.1, 0.15) is 0 Å². The van der Waals surface area contributed by atoms with Crippen LogP contribution in [0.3, 0.4) is 0 Å². The van der Waals surface area contributed by atoms with Crippen molar-refractivity contribution in [1.82, 2.24) is 10.2 Å². The molecule has 0 aromatic rings. The van der Waals surface area contributed by atoms with E-state index in [4.69, 9.17) is 9.47 Å². The quantitative estimate of drug-likeness (QED) is 0.459. The van der Waals surface area contributed by atoms with E-state index >= 15 is 0 Å². The number of hydrogen-bond donors (Lipinski definition) is 1. The summed E-state index contributed by atoms with van der Waals surface area (Å²) in [4.78, 5) is 6.76. The Morgan fingerprint density at radius 2 is 2.08 bits per heavy atom. The largest absolute Gasteiger partial charge is 0.379 e. The molecular formula is C19H33N3O2. The molecule has 5 heteroatoms. The SMILES string of the molecule is CN=C(NC1C2CCOC2C12CCCC2)N(C)CCOCC1CC1. The van der Waals surface area contributed by atoms with Gasteiger partial charge < -0.3 is 19.7 Å². The van der Waals surface area contributed by atoms with E-state index in [9.17, 15) is 0 Å². The van der Waals surface area contributed by atoms with E-state index in [0.29, 0.717) is 23.5 Å². The van der Waals surface area contributed by atoms with Gasteiger partial charge in [-0.3, -0.25) is 4.99 Å². The van der Waals surface area contributed by atoms with Gasteiger partial charge in [0.15, 0.2) is 5.96 Å². The van der Waals surface area contributed by atoms with Crippen molar-refractivity contribution in [3.05, 3.63) is 0 Å². The number of likely N-dealkylation sites (N-methyl/N-ethyl adjacent to an activating group) is 1. The molecule has 1 spiro atoms. The van der Waals surface area contributed by atoms with Crippen LogP contribution in [0.4, 0.5) is 0 Å². The van der Waals surface area contributed by atoms with Gasteiger partial charge in [0, 0.05) is 51.2 Å². The minimum absolute atomic E-state index is 0.375. The highest BCUT2D eigenvalue weighted by atomic mass is 16.5. The number of aliphatic imine (C=N–C) groups is 1. The zero-order valence-electron chi connectivity index (χ0n) is 15.3. The third-order valence-electron chi connectivity index (χ3n) is 6.77. The van der Waals surface area contributed by atoms with Gasteiger partial charge in [-0.05, 0) is 38.0 Å². The van der Waals surface area contributed by atoms with Crippen molar-refractivity contribution in [3.8, 4) is 0 Å². The molecule has 1 heterocycles. The second-order valence-corrected chi connectivity index (χ2v) is 8.29. The van der Waals surface area contributed by atoms with Gasteiger partial charge in [-0.2, -0.15) is 0 Å². The smallest absolute Gasteiger partial charge is 0.193 e. The van der Waals surface area contributed by atoms with Crippen molar-refractivity contribution in [2.24, 2.45) is 22.2 Å². The van der Waals surface area contributed by atoms with Crippen molar-refractivity contribution >= 4 is 5.96 Å². The lowest BCUT2D eigenvalue weighted by atomic mass is 9.54. The summed E-state index contributed by atoms with van der Waals surface area (Å²) in [6.07, 6.45) is 9.76. The Morgan fingerprint density at radius 1 is 1.29 bits per heavy atom. The van der Waals surface area contributed by atoms with Crippen molar-refractivity contribution in [2.45, 2.75) is 57.1 Å². The van der Waals surface area contributed by atoms with Crippen LogP contribution in [0.5, 0.6) is 0 Å². The van der Waals surface area contributed by atoms with E-state index in [2.05, 4.69) is 22.3 Å². The number of hydrogen-bond acceptors (Lipinski definition) is 3. The second kappa shape index (κ2) is 6.83. The summed E-state index contributed by atoms with van der Waals surface area (Å²) < 4.78 is 11.9. The van der Waals surface area contributed by atoms with Crippen LogP contribution < -0.4 is 5.32 Å². The first kappa shape index (κ1) is 16.6. The molecule has 136 valence electrons. The van der Waals surface area contributed by atoms with Gasteiger partial charge in [-0.25, -0.2) is 0 Å². The predicted octanol–water partition coefficient (Wildman–Crippen LogP) is 2.27. The van der Waals surface area contributed by atoms with Crippen LogP contribution in [-0.2, 0) is 9.47 Å². The molecule has 3 atom stereocenters. The minimum atomic E-state index is 0.375. The molecule has 4 aliphatic rings. The fourth-order valence-electron chi connectivity index (χ4n) is 5.23. The van der Waals surface area contributed by atoms with E-state index in [1.54, 1.807) is 0 Å². The van der Waals surface area contributed by atoms with E-state index in [1.807, 2.05) is 7.05 Å². The molecule has 0 aromatic carbocycles. The molecule has 0 aromatic heterocycles. The Kier molecular flexibility index (Phi) is 4.74. The monoisotopic (exact) mass is 335 g/mol. The van der Waals surface area contributed by atoms with Crippen LogP contribution in [0.25, 0.3) is 0 Å². The van der Waals surface area contributed by atoms with Crippen LogP contribution in [0.1, 0.15) is 44.9 Å². The Bertz CT molecular complexity index is 471. The van der Waals surface area contributed by atoms with Gasteiger partial charge in [0.05, 0.1) is 12.7 Å². The predicted molar refractivity (Wildman–Crippen MR) is 95.2 cm³/mol. The number of fused-ring (bicyclic) bond motifs is 2. The molecule has 0 amide bonds. The third-order valence-corrected chi connectivity index (χ3v) is 6.77. The third kappa shape index (κ3) is 2.94. The first-order chi connectivity index (χ1) is 11.7. The van der Waals surface area contributed by atoms with Crippen LogP contribution in [0.15, 0.2) is 4.99 Å². The molecule has 3 unspecified atom stereocenters. The first-order valence-electron chi connectivity index (χ1n) is 9.88. The molecule has 3 aliphatic carbocycles. The van der Waals surface area contributed by atoms with Gasteiger partial charge in [-0.15, -0.1) is 0 Å². The standard InChI is InChI=1S/C19H33N3O2/c1-20-18(22(2)10-12-23-13-14-5-6-14)21-16-15-7-11-24-17(15)19(16)8-3-4-9-19/h14-17H,3-13H2,1-2H3,(H,20,21). The Balaban J connectivity index is 1.31. The number of guanidine groups is 1. The molecule has 0 bridgehead atoms. The van der Waals surface area contributed by atoms with Gasteiger partial charge in [-0.1, -0.05) is 12.8 Å². The summed E-state index contributed by atoms with van der Waals surface area (Å²) in [5.41, 5.74) is 0.375. The van der Waals surface area contributed by atoms with E-state index in [0.717, 1.165) is 38.2 Å². The second-order valence-electron chi connectivity index (χ2n) is 8.29. The van der Waals surface area contributed by atoms with Crippen molar-refractivity contribution in [3.63, 3.8) is 0 Å². The molecule has 24 heavy (non-hydrogen) atoms. The molecule has 1 saturated heterocycles. The molecule has 0 radical (unpaired) electrons. The van der Waals surface area contributed by atoms with E-state index in [1.165, 1.54) is 44.9 Å². The van der Waals surface area contributed by atoms with Gasteiger partial charge in [0.2, 0.25) is 0 Å². The van der Waals surface area contributed by atoms with E-state index < -0.39 is 0 Å². The number of rotatable bonds is 6. The van der Waals surface area contributed by atoms with Crippen LogP contribution in [0.2, 0.25) is 0 Å². The highest BCUT2D eigenvalue weighted by Gasteiger charge is 2.65. The number of nitrogens with one attached hydrogen (secondary N) is 1. The Hall–Kier alpha value is -0.810. The fraction of sp³-hybridized carbons (Fsp3) is 0.947. The summed E-state index contributed by atoms with van der Waals surface area (Å²) in [6, 6.07) is 0.543. The molecule has 1 N–H and O–H groups in total. The molecule has 4 rings (SSSR count). The zero-order chi connectivity index (χ0) is 16.6. The number of ether oxygens (including phenoxy) is 2. The fourth-order valence-corrected chi connectivity index (χ4v) is 5.23. The lowest BCUT2D eigenvalue weighted by Gasteiger charge is -2.57. The number of nitrogens with zero attached hydrogens (tertiary/aromatic N) is 2. The summed E-state index contributed by atoms with van der Waals surface area (Å²) in [5, 5.41) is 3.81. The normalized spacial score (nSPS) is 34.2. The zero-order valence-corrected chi connectivity index (χ0v) is 15.3. The molecular weight excluding hydrogens is 302 g/mol. The lowest BCUT2D eigenvalue weighted by Crippen LogP contribution is -2.69. The summed E-state index contributed by atoms with van der Waals surface area (Å²) in [7, 11) is 4.02. The Morgan fingerprint density at radius 3 is 2.79 bits per heavy atom. The highest BCUT2D eigenvalue weighted by Crippen LogP contribution is 2.60. The Labute approximate surface area is 146 Å². The average molecular weight is 335 g/mol.